The Hall–Kier alpha value is -3.06. The molecule has 0 saturated heterocycles. The predicted molar refractivity (Wildman–Crippen MR) is 107 cm³/mol. The summed E-state index contributed by atoms with van der Waals surface area (Å²) in [5, 5.41) is 3.27. The van der Waals surface area contributed by atoms with Gasteiger partial charge in [-0.25, -0.2) is 0 Å². The van der Waals surface area contributed by atoms with Crippen LogP contribution in [0.25, 0.3) is 0 Å². The van der Waals surface area contributed by atoms with Crippen molar-refractivity contribution in [2.75, 3.05) is 25.1 Å². The molecule has 0 radical (unpaired) electrons. The average Bonchev–Trinajstić information content (AvgIpc) is 2.70. The summed E-state index contributed by atoms with van der Waals surface area (Å²) >= 11 is 5.90. The van der Waals surface area contributed by atoms with Crippen molar-refractivity contribution < 1.29 is 28.6 Å². The van der Waals surface area contributed by atoms with Crippen LogP contribution in [0.5, 0.6) is 11.5 Å². The minimum Gasteiger partial charge on any atom is -0.493 e. The van der Waals surface area contributed by atoms with Gasteiger partial charge < -0.3 is 19.5 Å². The minimum atomic E-state index is -0.482. The summed E-state index contributed by atoms with van der Waals surface area (Å²) in [4.78, 5) is 35.4. The third-order valence-electron chi connectivity index (χ3n) is 4.22. The van der Waals surface area contributed by atoms with Gasteiger partial charge in [0.05, 0.1) is 12.3 Å². The van der Waals surface area contributed by atoms with Crippen molar-refractivity contribution in [3.05, 3.63) is 52.5 Å². The summed E-state index contributed by atoms with van der Waals surface area (Å²) in [6, 6.07) is 9.98. The van der Waals surface area contributed by atoms with Crippen molar-refractivity contribution >= 4 is 34.9 Å². The lowest BCUT2D eigenvalue weighted by atomic mass is 10.1. The Morgan fingerprint density at radius 3 is 2.83 bits per heavy atom. The molecule has 2 aromatic rings. The lowest BCUT2D eigenvalue weighted by molar-refractivity contribution is -0.142. The molecule has 1 aliphatic rings. The number of aryl methyl sites for hydroxylation is 1. The van der Waals surface area contributed by atoms with Gasteiger partial charge in [0, 0.05) is 17.0 Å². The first kappa shape index (κ1) is 20.7. The summed E-state index contributed by atoms with van der Waals surface area (Å²) in [5.74, 6) is 0.0680. The zero-order valence-electron chi connectivity index (χ0n) is 15.8. The van der Waals surface area contributed by atoms with E-state index in [1.54, 1.807) is 30.3 Å². The molecule has 3 rings (SSSR count). The second kappa shape index (κ2) is 9.43. The highest BCUT2D eigenvalue weighted by Crippen LogP contribution is 2.28. The summed E-state index contributed by atoms with van der Waals surface area (Å²) in [5.41, 5.74) is 1.66. The van der Waals surface area contributed by atoms with Crippen molar-refractivity contribution in [2.24, 2.45) is 0 Å². The largest absolute Gasteiger partial charge is 0.493 e. The molecule has 0 fully saturated rings. The van der Waals surface area contributed by atoms with Crippen LogP contribution in [-0.4, -0.2) is 37.5 Å². The molecule has 1 aliphatic heterocycles. The molecule has 0 bridgehead atoms. The zero-order chi connectivity index (χ0) is 20.8. The summed E-state index contributed by atoms with van der Waals surface area (Å²) < 4.78 is 15.9. The Bertz CT molecular complexity index is 943. The van der Waals surface area contributed by atoms with E-state index in [-0.39, 0.29) is 31.3 Å². The molecular formula is C21H20ClNO6. The van der Waals surface area contributed by atoms with Gasteiger partial charge >= 0.3 is 5.97 Å². The quantitative estimate of drug-likeness (QED) is 0.401. The van der Waals surface area contributed by atoms with Crippen LogP contribution in [0.15, 0.2) is 36.4 Å². The number of nitrogens with one attached hydrogen (secondary N) is 1. The molecule has 0 spiro atoms. The van der Waals surface area contributed by atoms with Crippen molar-refractivity contribution in [1.29, 1.82) is 0 Å². The van der Waals surface area contributed by atoms with E-state index < -0.39 is 5.97 Å². The van der Waals surface area contributed by atoms with Crippen LogP contribution < -0.4 is 14.8 Å². The highest BCUT2D eigenvalue weighted by atomic mass is 35.5. The van der Waals surface area contributed by atoms with Crippen molar-refractivity contribution in [1.82, 2.24) is 0 Å². The minimum absolute atomic E-state index is 0.0563. The number of ketones is 1. The fourth-order valence-electron chi connectivity index (χ4n) is 2.73. The Kier molecular flexibility index (Phi) is 6.72. The van der Waals surface area contributed by atoms with Crippen LogP contribution in [0.1, 0.15) is 28.8 Å². The third kappa shape index (κ3) is 5.71. The number of benzene rings is 2. The van der Waals surface area contributed by atoms with Crippen molar-refractivity contribution in [3.8, 4) is 11.5 Å². The van der Waals surface area contributed by atoms with Gasteiger partial charge in [-0.15, -0.1) is 0 Å². The van der Waals surface area contributed by atoms with Gasteiger partial charge in [-0.1, -0.05) is 11.6 Å². The molecular weight excluding hydrogens is 398 g/mol. The standard InChI is InChI=1S/C21H20ClNO6/c1-13-9-15(22)5-7-18(13)27-8-2-3-21(26)29-11-17(24)14-4-6-19-16(10-14)23-20(25)12-28-19/h4-7,9-10H,2-3,8,11-12H2,1H3,(H,23,25). The normalized spacial score (nSPS) is 12.4. The topological polar surface area (TPSA) is 90.9 Å². The molecule has 152 valence electrons. The Morgan fingerprint density at radius 1 is 1.21 bits per heavy atom. The molecule has 1 amide bonds. The predicted octanol–water partition coefficient (Wildman–Crippen LogP) is 3.56. The second-order valence-corrected chi connectivity index (χ2v) is 6.93. The van der Waals surface area contributed by atoms with Crippen molar-refractivity contribution in [3.63, 3.8) is 0 Å². The first-order chi connectivity index (χ1) is 13.9. The van der Waals surface area contributed by atoms with Gasteiger partial charge in [0.15, 0.2) is 19.0 Å². The van der Waals surface area contributed by atoms with E-state index in [2.05, 4.69) is 5.32 Å². The van der Waals surface area contributed by atoms with Crippen LogP contribution >= 0.6 is 11.6 Å². The molecule has 1 heterocycles. The van der Waals surface area contributed by atoms with Gasteiger partial charge in [-0.05, 0) is 55.3 Å². The maximum Gasteiger partial charge on any atom is 0.306 e. The molecule has 0 aromatic heterocycles. The van der Waals surface area contributed by atoms with Crippen LogP contribution in [-0.2, 0) is 14.3 Å². The van der Waals surface area contributed by atoms with Crippen LogP contribution in [0.3, 0.4) is 0 Å². The average molecular weight is 418 g/mol. The van der Waals surface area contributed by atoms with E-state index in [1.807, 2.05) is 6.92 Å². The number of carbonyl (C=O) groups excluding carboxylic acids is 3. The molecule has 29 heavy (non-hydrogen) atoms. The van der Waals surface area contributed by atoms with E-state index in [0.29, 0.717) is 40.8 Å². The molecule has 0 saturated carbocycles. The number of hydrogen-bond donors (Lipinski definition) is 1. The molecule has 0 aliphatic carbocycles. The van der Waals surface area contributed by atoms with Crippen LogP contribution in [0.4, 0.5) is 5.69 Å². The fraction of sp³-hybridized carbons (Fsp3) is 0.286. The molecule has 7 nitrogen and oxygen atoms in total. The van der Waals surface area contributed by atoms with Crippen LogP contribution in [0, 0.1) is 6.92 Å². The number of anilines is 1. The van der Waals surface area contributed by atoms with Gasteiger partial charge in [-0.3, -0.25) is 14.4 Å². The first-order valence-corrected chi connectivity index (χ1v) is 9.44. The van der Waals surface area contributed by atoms with Crippen molar-refractivity contribution in [2.45, 2.75) is 19.8 Å². The number of fused-ring (bicyclic) bond motifs is 1. The Balaban J connectivity index is 1.40. The highest BCUT2D eigenvalue weighted by Gasteiger charge is 2.18. The van der Waals surface area contributed by atoms with Gasteiger partial charge in [0.25, 0.3) is 5.91 Å². The maximum absolute atomic E-state index is 12.2. The number of Topliss-reactive ketones (excluding diaryl/α,β-unsaturated/α-hetero) is 1. The van der Waals surface area contributed by atoms with E-state index in [0.717, 1.165) is 5.56 Å². The molecule has 0 atom stereocenters. The summed E-state index contributed by atoms with van der Waals surface area (Å²) in [6.07, 6.45) is 0.589. The number of amides is 1. The molecule has 1 N–H and O–H groups in total. The Labute approximate surface area is 172 Å². The van der Waals surface area contributed by atoms with E-state index in [9.17, 15) is 14.4 Å². The SMILES string of the molecule is Cc1cc(Cl)ccc1OCCCC(=O)OCC(=O)c1ccc2c(c1)NC(=O)CO2. The highest BCUT2D eigenvalue weighted by molar-refractivity contribution is 6.30. The lowest BCUT2D eigenvalue weighted by Gasteiger charge is -2.18. The maximum atomic E-state index is 12.2. The molecule has 8 heteroatoms. The first-order valence-electron chi connectivity index (χ1n) is 9.07. The van der Waals surface area contributed by atoms with Crippen LogP contribution in [0.2, 0.25) is 5.02 Å². The van der Waals surface area contributed by atoms with Gasteiger partial charge in [-0.2, -0.15) is 0 Å². The van der Waals surface area contributed by atoms with E-state index in [1.165, 1.54) is 6.07 Å². The number of carbonyl (C=O) groups is 3. The third-order valence-corrected chi connectivity index (χ3v) is 4.45. The number of hydrogen-bond acceptors (Lipinski definition) is 6. The summed E-state index contributed by atoms with van der Waals surface area (Å²) in [6.45, 7) is 1.80. The molecule has 2 aromatic carbocycles. The monoisotopic (exact) mass is 417 g/mol. The molecule has 0 unspecified atom stereocenters. The number of esters is 1. The Morgan fingerprint density at radius 2 is 2.03 bits per heavy atom. The second-order valence-electron chi connectivity index (χ2n) is 6.49. The van der Waals surface area contributed by atoms with E-state index >= 15 is 0 Å². The summed E-state index contributed by atoms with van der Waals surface area (Å²) in [7, 11) is 0. The lowest BCUT2D eigenvalue weighted by Crippen LogP contribution is -2.25. The van der Waals surface area contributed by atoms with E-state index in [4.69, 9.17) is 25.8 Å². The smallest absolute Gasteiger partial charge is 0.306 e. The zero-order valence-corrected chi connectivity index (χ0v) is 16.6. The fourth-order valence-corrected chi connectivity index (χ4v) is 2.96. The van der Waals surface area contributed by atoms with Gasteiger partial charge in [0.2, 0.25) is 0 Å². The number of halogens is 1. The van der Waals surface area contributed by atoms with Gasteiger partial charge in [0.1, 0.15) is 11.5 Å². The number of ether oxygens (including phenoxy) is 3. The number of rotatable bonds is 8.